The second kappa shape index (κ2) is 6.94. The number of imide groups is 1. The first-order chi connectivity index (χ1) is 14.1. The molecule has 2 atom stereocenters. The topological polar surface area (TPSA) is 93.7 Å². The van der Waals surface area contributed by atoms with Gasteiger partial charge in [-0.25, -0.2) is 19.7 Å². The molecule has 158 valence electrons. The van der Waals surface area contributed by atoms with Gasteiger partial charge in [0, 0.05) is 5.56 Å². The number of alkyl halides is 3. The molecule has 4 rings (SSSR count). The van der Waals surface area contributed by atoms with Crippen LogP contribution in [0.3, 0.4) is 0 Å². The molecule has 30 heavy (non-hydrogen) atoms. The minimum Gasteiger partial charge on any atom is -0.424 e. The lowest BCUT2D eigenvalue weighted by atomic mass is 9.93. The summed E-state index contributed by atoms with van der Waals surface area (Å²) in [5, 5.41) is 2.55. The highest BCUT2D eigenvalue weighted by molar-refractivity contribution is 6.21. The summed E-state index contributed by atoms with van der Waals surface area (Å²) >= 11 is 0. The van der Waals surface area contributed by atoms with E-state index in [1.807, 2.05) is 0 Å². The Morgan fingerprint density at radius 1 is 1.30 bits per heavy atom. The molecule has 1 N–H and O–H groups in total. The lowest BCUT2D eigenvalue weighted by molar-refractivity contribution is -0.272. The molecule has 11 heteroatoms. The number of hydrogen-bond acceptors (Lipinski definition) is 6. The van der Waals surface area contributed by atoms with Crippen LogP contribution >= 0.6 is 0 Å². The minimum absolute atomic E-state index is 0.0333. The van der Waals surface area contributed by atoms with Crippen molar-refractivity contribution >= 4 is 17.6 Å². The number of anilines is 1. The summed E-state index contributed by atoms with van der Waals surface area (Å²) in [6.45, 7) is 2.59. The molecule has 0 spiro atoms. The molecule has 3 amide bonds. The second-order valence-electron chi connectivity index (χ2n) is 7.05. The Hall–Kier alpha value is -3.21. The van der Waals surface area contributed by atoms with Gasteiger partial charge in [-0.1, -0.05) is 13.0 Å². The molecule has 0 saturated carbocycles. The van der Waals surface area contributed by atoms with Gasteiger partial charge in [0.2, 0.25) is 0 Å². The van der Waals surface area contributed by atoms with Crippen LogP contribution in [0.15, 0.2) is 30.6 Å². The first-order valence-electron chi connectivity index (χ1n) is 9.12. The molecular formula is C19H17F3N4O4. The Kier molecular flexibility index (Phi) is 4.64. The molecule has 1 aromatic heterocycles. The second-order valence-corrected chi connectivity index (χ2v) is 7.05. The fraction of sp³-hybridized carbons (Fsp3) is 0.368. The fourth-order valence-corrected chi connectivity index (χ4v) is 3.36. The number of carbonyl (C=O) groups is 2. The molecule has 0 aliphatic carbocycles. The van der Waals surface area contributed by atoms with E-state index in [2.05, 4.69) is 15.3 Å². The number of fused-ring (bicyclic) bond motifs is 1. The van der Waals surface area contributed by atoms with Crippen LogP contribution in [0, 0.1) is 0 Å². The Labute approximate surface area is 169 Å². The van der Waals surface area contributed by atoms with Crippen LogP contribution in [-0.2, 0) is 21.7 Å². The molecule has 2 aliphatic heterocycles. The summed E-state index contributed by atoms with van der Waals surface area (Å²) in [6, 6.07) is 2.90. The van der Waals surface area contributed by atoms with E-state index in [4.69, 9.17) is 9.47 Å². The highest BCUT2D eigenvalue weighted by Crippen LogP contribution is 2.48. The Morgan fingerprint density at radius 2 is 2.00 bits per heavy atom. The molecule has 8 nitrogen and oxygen atoms in total. The maximum atomic E-state index is 13.4. The first-order valence-corrected chi connectivity index (χ1v) is 9.12. The standard InChI is InChI=1S/C19H17F3N4O4/c1-3-14-15(27)26(17(28)25-14)11-7-23-16(24-8-11)30-12-5-4-10-9-29-18(2,13(10)6-12)19(20,21)22/h4-8,14H,3,9H2,1-2H3,(H,25,28)/t14-,18?/m1/s1. The van der Waals surface area contributed by atoms with Crippen LogP contribution in [0.1, 0.15) is 31.4 Å². The average Bonchev–Trinajstić information content (AvgIpc) is 3.19. The van der Waals surface area contributed by atoms with Gasteiger partial charge < -0.3 is 14.8 Å². The van der Waals surface area contributed by atoms with E-state index in [1.165, 1.54) is 30.6 Å². The Bertz CT molecular complexity index is 1010. The molecule has 1 unspecified atom stereocenters. The zero-order valence-electron chi connectivity index (χ0n) is 16.0. The van der Waals surface area contributed by atoms with Gasteiger partial charge in [0.15, 0.2) is 5.60 Å². The van der Waals surface area contributed by atoms with Gasteiger partial charge in [0.1, 0.15) is 11.8 Å². The predicted molar refractivity (Wildman–Crippen MR) is 96.8 cm³/mol. The number of carbonyl (C=O) groups excluding carboxylic acids is 2. The van der Waals surface area contributed by atoms with Crippen LogP contribution < -0.4 is 15.0 Å². The number of nitrogens with one attached hydrogen (secondary N) is 1. The van der Waals surface area contributed by atoms with Crippen molar-refractivity contribution in [3.63, 3.8) is 0 Å². The SMILES string of the molecule is CC[C@H]1NC(=O)N(c2cnc(Oc3ccc4c(c3)C(C)(C(F)(F)F)OC4)nc2)C1=O. The van der Waals surface area contributed by atoms with Crippen molar-refractivity contribution in [1.82, 2.24) is 15.3 Å². The number of amides is 3. The summed E-state index contributed by atoms with van der Waals surface area (Å²) in [7, 11) is 0. The maximum absolute atomic E-state index is 13.4. The highest BCUT2D eigenvalue weighted by atomic mass is 19.4. The van der Waals surface area contributed by atoms with Crippen LogP contribution in [-0.4, -0.2) is 34.1 Å². The fourth-order valence-electron chi connectivity index (χ4n) is 3.36. The number of benzene rings is 1. The van der Waals surface area contributed by atoms with Gasteiger partial charge >= 0.3 is 18.2 Å². The van der Waals surface area contributed by atoms with Crippen molar-refractivity contribution < 1.29 is 32.2 Å². The highest BCUT2D eigenvalue weighted by Gasteiger charge is 2.57. The summed E-state index contributed by atoms with van der Waals surface area (Å²) < 4.78 is 50.8. The van der Waals surface area contributed by atoms with Gasteiger partial charge in [-0.2, -0.15) is 13.2 Å². The van der Waals surface area contributed by atoms with E-state index in [1.54, 1.807) is 6.92 Å². The summed E-state index contributed by atoms with van der Waals surface area (Å²) in [5.41, 5.74) is -1.88. The number of nitrogens with zero attached hydrogens (tertiary/aromatic N) is 3. The minimum atomic E-state index is -4.59. The van der Waals surface area contributed by atoms with E-state index < -0.39 is 29.8 Å². The largest absolute Gasteiger partial charge is 0.424 e. The maximum Gasteiger partial charge on any atom is 0.421 e. The molecule has 1 fully saturated rings. The van der Waals surface area contributed by atoms with Crippen molar-refractivity contribution in [3.05, 3.63) is 41.7 Å². The van der Waals surface area contributed by atoms with Crippen LogP contribution in [0.2, 0.25) is 0 Å². The smallest absolute Gasteiger partial charge is 0.421 e. The summed E-state index contributed by atoms with van der Waals surface area (Å²) in [5.74, 6) is -0.312. The molecular weight excluding hydrogens is 405 g/mol. The number of ether oxygens (including phenoxy) is 2. The molecule has 0 radical (unpaired) electrons. The number of hydrogen-bond donors (Lipinski definition) is 1. The predicted octanol–water partition coefficient (Wildman–Crippen LogP) is 3.41. The van der Waals surface area contributed by atoms with Gasteiger partial charge in [-0.3, -0.25) is 4.79 Å². The number of urea groups is 1. The average molecular weight is 422 g/mol. The van der Waals surface area contributed by atoms with E-state index in [0.717, 1.165) is 11.8 Å². The number of aromatic nitrogens is 2. The van der Waals surface area contributed by atoms with Crippen molar-refractivity contribution in [1.29, 1.82) is 0 Å². The van der Waals surface area contributed by atoms with Gasteiger partial charge in [0.25, 0.3) is 5.91 Å². The molecule has 1 aromatic carbocycles. The van der Waals surface area contributed by atoms with Crippen molar-refractivity contribution in [3.8, 4) is 11.8 Å². The summed E-state index contributed by atoms with van der Waals surface area (Å²) in [6.07, 6.45) is -1.68. The molecule has 2 aromatic rings. The summed E-state index contributed by atoms with van der Waals surface area (Å²) in [4.78, 5) is 33.1. The normalized spacial score (nSPS) is 23.5. The van der Waals surface area contributed by atoms with E-state index in [9.17, 15) is 22.8 Å². The quantitative estimate of drug-likeness (QED) is 0.759. The van der Waals surface area contributed by atoms with Gasteiger partial charge in [-0.05, 0) is 31.0 Å². The monoisotopic (exact) mass is 422 g/mol. The molecule has 3 heterocycles. The van der Waals surface area contributed by atoms with Crippen molar-refractivity contribution in [2.75, 3.05) is 4.90 Å². The van der Waals surface area contributed by atoms with Crippen molar-refractivity contribution in [2.24, 2.45) is 0 Å². The Balaban J connectivity index is 1.55. The first kappa shape index (κ1) is 20.1. The molecule has 0 bridgehead atoms. The third kappa shape index (κ3) is 3.15. The molecule has 2 aliphatic rings. The third-order valence-electron chi connectivity index (χ3n) is 5.16. The van der Waals surface area contributed by atoms with Crippen LogP contribution in [0.4, 0.5) is 23.7 Å². The van der Waals surface area contributed by atoms with Crippen LogP contribution in [0.5, 0.6) is 11.8 Å². The molecule has 1 saturated heterocycles. The zero-order valence-corrected chi connectivity index (χ0v) is 16.0. The Morgan fingerprint density at radius 3 is 2.60 bits per heavy atom. The lowest BCUT2D eigenvalue weighted by Crippen LogP contribution is -2.38. The van der Waals surface area contributed by atoms with Crippen molar-refractivity contribution in [2.45, 2.75) is 44.7 Å². The van der Waals surface area contributed by atoms with E-state index >= 15 is 0 Å². The lowest BCUT2D eigenvalue weighted by Gasteiger charge is -2.27. The third-order valence-corrected chi connectivity index (χ3v) is 5.16. The zero-order chi connectivity index (χ0) is 21.7. The van der Waals surface area contributed by atoms with E-state index in [-0.39, 0.29) is 29.6 Å². The van der Waals surface area contributed by atoms with Gasteiger partial charge in [0.05, 0.1) is 24.7 Å². The van der Waals surface area contributed by atoms with Gasteiger partial charge in [-0.15, -0.1) is 0 Å². The van der Waals surface area contributed by atoms with E-state index in [0.29, 0.717) is 12.0 Å². The number of halogens is 3. The number of rotatable bonds is 4. The van der Waals surface area contributed by atoms with Crippen LogP contribution in [0.25, 0.3) is 0 Å².